The maximum atomic E-state index is 12.0. The smallest absolute Gasteiger partial charge is 0.410 e. The van der Waals surface area contributed by atoms with Crippen LogP contribution in [0, 0.1) is 0 Å². The number of likely N-dealkylation sites (tertiary alicyclic amines) is 1. The van der Waals surface area contributed by atoms with E-state index in [2.05, 4.69) is 18.2 Å². The van der Waals surface area contributed by atoms with Gasteiger partial charge < -0.3 is 14.4 Å². The third-order valence-electron chi connectivity index (χ3n) is 3.63. The van der Waals surface area contributed by atoms with Crippen LogP contribution in [0.15, 0.2) is 36.4 Å². The summed E-state index contributed by atoms with van der Waals surface area (Å²) in [6.45, 7) is 7.66. The quantitative estimate of drug-likeness (QED) is 0.838. The van der Waals surface area contributed by atoms with Crippen molar-refractivity contribution < 1.29 is 14.3 Å². The predicted octanol–water partition coefficient (Wildman–Crippen LogP) is 4.12. The summed E-state index contributed by atoms with van der Waals surface area (Å²) in [6.07, 6.45) is 5.82. The maximum Gasteiger partial charge on any atom is 0.410 e. The van der Waals surface area contributed by atoms with E-state index in [0.29, 0.717) is 19.7 Å². The molecule has 0 unspecified atom stereocenters. The summed E-state index contributed by atoms with van der Waals surface area (Å²) >= 11 is 0. The lowest BCUT2D eigenvalue weighted by atomic mass is 10.1. The largest absolute Gasteiger partial charge is 0.444 e. The molecule has 0 aliphatic carbocycles. The van der Waals surface area contributed by atoms with E-state index in [1.807, 2.05) is 45.0 Å². The number of carbonyl (C=O) groups excluding carboxylic acids is 1. The van der Waals surface area contributed by atoms with E-state index in [0.717, 1.165) is 12.8 Å². The van der Waals surface area contributed by atoms with Gasteiger partial charge in [-0.25, -0.2) is 4.79 Å². The summed E-state index contributed by atoms with van der Waals surface area (Å²) in [5.74, 6) is 0. The molecule has 1 aliphatic heterocycles. The second-order valence-electron chi connectivity index (χ2n) is 6.81. The van der Waals surface area contributed by atoms with Crippen molar-refractivity contribution in [1.82, 2.24) is 4.90 Å². The van der Waals surface area contributed by atoms with Crippen molar-refractivity contribution in [2.45, 2.75) is 45.3 Å². The number of carbonyl (C=O) groups is 1. The summed E-state index contributed by atoms with van der Waals surface area (Å²) in [5.41, 5.74) is 0.739. The van der Waals surface area contributed by atoms with E-state index in [9.17, 15) is 4.79 Å². The standard InChI is InChI=1S/C19H27NO3/c1-19(2,3)23-18(21)20-13-11-17(12-14-20)22-15-7-10-16-8-5-4-6-9-16/h4-10,17H,11-15H2,1-3H3/b10-7+. The lowest BCUT2D eigenvalue weighted by molar-refractivity contribution is -0.00463. The molecule has 0 spiro atoms. The first-order valence-electron chi connectivity index (χ1n) is 8.25. The zero-order chi connectivity index (χ0) is 16.7. The summed E-state index contributed by atoms with van der Waals surface area (Å²) < 4.78 is 11.3. The van der Waals surface area contributed by atoms with Crippen LogP contribution in [0.1, 0.15) is 39.2 Å². The average Bonchev–Trinajstić information content (AvgIpc) is 2.51. The number of ether oxygens (including phenoxy) is 2. The Balaban J connectivity index is 1.67. The van der Waals surface area contributed by atoms with E-state index in [1.165, 1.54) is 5.56 Å². The van der Waals surface area contributed by atoms with Crippen LogP contribution in [-0.2, 0) is 9.47 Å². The molecule has 1 saturated heterocycles. The molecule has 4 nitrogen and oxygen atoms in total. The van der Waals surface area contributed by atoms with Gasteiger partial charge in [-0.3, -0.25) is 0 Å². The summed E-state index contributed by atoms with van der Waals surface area (Å²) in [5, 5.41) is 0. The zero-order valence-corrected chi connectivity index (χ0v) is 14.3. The van der Waals surface area contributed by atoms with E-state index in [1.54, 1.807) is 4.90 Å². The summed E-state index contributed by atoms with van der Waals surface area (Å²) in [4.78, 5) is 13.8. The molecule has 1 heterocycles. The van der Waals surface area contributed by atoms with Gasteiger partial charge in [0.15, 0.2) is 0 Å². The van der Waals surface area contributed by atoms with Crippen molar-refractivity contribution in [2.75, 3.05) is 19.7 Å². The minimum Gasteiger partial charge on any atom is -0.444 e. The van der Waals surface area contributed by atoms with Crippen molar-refractivity contribution >= 4 is 12.2 Å². The highest BCUT2D eigenvalue weighted by atomic mass is 16.6. The van der Waals surface area contributed by atoms with Crippen LogP contribution in [0.25, 0.3) is 6.08 Å². The van der Waals surface area contributed by atoms with Crippen molar-refractivity contribution in [3.8, 4) is 0 Å². The van der Waals surface area contributed by atoms with Gasteiger partial charge in [0, 0.05) is 13.1 Å². The fourth-order valence-corrected chi connectivity index (χ4v) is 2.47. The zero-order valence-electron chi connectivity index (χ0n) is 14.3. The molecule has 0 atom stereocenters. The Bertz CT molecular complexity index is 511. The van der Waals surface area contributed by atoms with E-state index < -0.39 is 5.60 Å². The summed E-state index contributed by atoms with van der Waals surface area (Å²) in [7, 11) is 0. The normalized spacial score (nSPS) is 16.7. The lowest BCUT2D eigenvalue weighted by Gasteiger charge is -2.33. The molecular formula is C19H27NO3. The van der Waals surface area contributed by atoms with Gasteiger partial charge in [-0.1, -0.05) is 42.5 Å². The second kappa shape index (κ2) is 8.16. The van der Waals surface area contributed by atoms with Gasteiger partial charge in [-0.05, 0) is 39.2 Å². The van der Waals surface area contributed by atoms with Gasteiger partial charge in [0.05, 0.1) is 12.7 Å². The van der Waals surface area contributed by atoms with Crippen LogP contribution in [0.2, 0.25) is 0 Å². The predicted molar refractivity (Wildman–Crippen MR) is 92.3 cm³/mol. The van der Waals surface area contributed by atoms with Crippen LogP contribution >= 0.6 is 0 Å². The number of nitrogens with zero attached hydrogens (tertiary/aromatic N) is 1. The molecule has 1 fully saturated rings. The lowest BCUT2D eigenvalue weighted by Crippen LogP contribution is -2.43. The molecule has 1 amide bonds. The first-order chi connectivity index (χ1) is 10.9. The monoisotopic (exact) mass is 317 g/mol. The van der Waals surface area contributed by atoms with Crippen LogP contribution < -0.4 is 0 Å². The van der Waals surface area contributed by atoms with Crippen LogP contribution in [0.4, 0.5) is 4.79 Å². The fraction of sp³-hybridized carbons (Fsp3) is 0.526. The van der Waals surface area contributed by atoms with Crippen molar-refractivity contribution in [3.05, 3.63) is 42.0 Å². The van der Waals surface area contributed by atoms with Gasteiger partial charge in [-0.15, -0.1) is 0 Å². The molecule has 23 heavy (non-hydrogen) atoms. The Labute approximate surface area is 139 Å². The molecule has 126 valence electrons. The minimum absolute atomic E-state index is 0.217. The number of hydrogen-bond acceptors (Lipinski definition) is 3. The van der Waals surface area contributed by atoms with Gasteiger partial charge in [-0.2, -0.15) is 0 Å². The van der Waals surface area contributed by atoms with Crippen molar-refractivity contribution in [1.29, 1.82) is 0 Å². The molecule has 1 aliphatic rings. The Kier molecular flexibility index (Phi) is 6.22. The third kappa shape index (κ3) is 6.45. The molecule has 2 rings (SSSR count). The Morgan fingerprint density at radius 2 is 1.87 bits per heavy atom. The minimum atomic E-state index is -0.438. The molecule has 0 saturated carbocycles. The topological polar surface area (TPSA) is 38.8 Å². The van der Waals surface area contributed by atoms with Crippen molar-refractivity contribution in [3.63, 3.8) is 0 Å². The molecule has 0 radical (unpaired) electrons. The molecule has 4 heteroatoms. The highest BCUT2D eigenvalue weighted by molar-refractivity contribution is 5.68. The van der Waals surface area contributed by atoms with Gasteiger partial charge in [0.2, 0.25) is 0 Å². The van der Waals surface area contributed by atoms with E-state index in [-0.39, 0.29) is 12.2 Å². The Morgan fingerprint density at radius 1 is 1.22 bits per heavy atom. The third-order valence-corrected chi connectivity index (χ3v) is 3.63. The van der Waals surface area contributed by atoms with E-state index >= 15 is 0 Å². The van der Waals surface area contributed by atoms with Gasteiger partial charge >= 0.3 is 6.09 Å². The summed E-state index contributed by atoms with van der Waals surface area (Å²) in [6, 6.07) is 10.2. The van der Waals surface area contributed by atoms with Gasteiger partial charge in [0.25, 0.3) is 0 Å². The van der Waals surface area contributed by atoms with Crippen LogP contribution in [-0.4, -0.2) is 42.4 Å². The molecule has 0 N–H and O–H groups in total. The second-order valence-corrected chi connectivity index (χ2v) is 6.81. The maximum absolute atomic E-state index is 12.0. The molecule has 0 aromatic heterocycles. The van der Waals surface area contributed by atoms with E-state index in [4.69, 9.17) is 9.47 Å². The number of hydrogen-bond donors (Lipinski definition) is 0. The Morgan fingerprint density at radius 3 is 2.48 bits per heavy atom. The molecule has 1 aromatic rings. The van der Waals surface area contributed by atoms with Crippen molar-refractivity contribution in [2.24, 2.45) is 0 Å². The van der Waals surface area contributed by atoms with Crippen LogP contribution in [0.3, 0.4) is 0 Å². The van der Waals surface area contributed by atoms with Crippen LogP contribution in [0.5, 0.6) is 0 Å². The van der Waals surface area contributed by atoms with Gasteiger partial charge in [0.1, 0.15) is 5.60 Å². The molecular weight excluding hydrogens is 290 g/mol. The SMILES string of the molecule is CC(C)(C)OC(=O)N1CCC(OC/C=C/c2ccccc2)CC1. The number of rotatable bonds is 4. The number of benzene rings is 1. The highest BCUT2D eigenvalue weighted by Crippen LogP contribution is 2.17. The Hall–Kier alpha value is -1.81. The number of piperidine rings is 1. The molecule has 0 bridgehead atoms. The fourth-order valence-electron chi connectivity index (χ4n) is 2.47. The number of amides is 1. The highest BCUT2D eigenvalue weighted by Gasteiger charge is 2.26. The first kappa shape index (κ1) is 17.5. The molecule has 1 aromatic carbocycles. The first-order valence-corrected chi connectivity index (χ1v) is 8.25. The average molecular weight is 317 g/mol.